The fourth-order valence-electron chi connectivity index (χ4n) is 2.18. The average Bonchev–Trinajstić information content (AvgIpc) is 2.67. The Morgan fingerprint density at radius 1 is 1.50 bits per heavy atom. The van der Waals surface area contributed by atoms with Gasteiger partial charge in [-0.3, -0.25) is 0 Å². The lowest BCUT2D eigenvalue weighted by molar-refractivity contribution is -0.0492. The molecular formula is C13H18BrFN2O. The van der Waals surface area contributed by atoms with E-state index in [0.29, 0.717) is 12.2 Å². The maximum atomic E-state index is 13.7. The summed E-state index contributed by atoms with van der Waals surface area (Å²) in [4.78, 5) is 5.72. The van der Waals surface area contributed by atoms with Gasteiger partial charge >= 0.3 is 0 Å². The van der Waals surface area contributed by atoms with E-state index in [9.17, 15) is 4.39 Å². The standard InChI is InChI=1S/C13H18BrFN2O/c1-13(2,3)18-10-4-5-17(8-10)11-6-9(14)7-16-12(11)15/h6-7,10H,4-5,8H2,1-3H3. The van der Waals surface area contributed by atoms with Crippen LogP contribution < -0.4 is 4.90 Å². The molecule has 5 heteroatoms. The number of hydrogen-bond acceptors (Lipinski definition) is 3. The number of ether oxygens (including phenoxy) is 1. The maximum absolute atomic E-state index is 13.7. The molecule has 0 saturated carbocycles. The molecule has 0 amide bonds. The van der Waals surface area contributed by atoms with E-state index < -0.39 is 5.95 Å². The predicted molar refractivity (Wildman–Crippen MR) is 73.4 cm³/mol. The molecule has 0 radical (unpaired) electrons. The Bertz CT molecular complexity index is 433. The van der Waals surface area contributed by atoms with Gasteiger partial charge in [0.25, 0.3) is 0 Å². The van der Waals surface area contributed by atoms with Gasteiger partial charge in [-0.25, -0.2) is 4.98 Å². The van der Waals surface area contributed by atoms with Crippen molar-refractivity contribution in [2.45, 2.75) is 38.9 Å². The molecule has 1 saturated heterocycles. The third kappa shape index (κ3) is 3.42. The molecule has 1 atom stereocenters. The Morgan fingerprint density at radius 2 is 2.22 bits per heavy atom. The number of nitrogens with zero attached hydrogens (tertiary/aromatic N) is 2. The molecule has 1 aromatic rings. The van der Waals surface area contributed by atoms with E-state index in [-0.39, 0.29) is 11.7 Å². The summed E-state index contributed by atoms with van der Waals surface area (Å²) >= 11 is 3.32. The minimum Gasteiger partial charge on any atom is -0.371 e. The fourth-order valence-corrected chi connectivity index (χ4v) is 2.50. The van der Waals surface area contributed by atoms with Gasteiger partial charge < -0.3 is 9.64 Å². The van der Waals surface area contributed by atoms with Gasteiger partial charge in [0, 0.05) is 23.8 Å². The molecule has 1 aliphatic heterocycles. The summed E-state index contributed by atoms with van der Waals surface area (Å²) in [6.07, 6.45) is 2.55. The van der Waals surface area contributed by atoms with Crippen LogP contribution in [0, 0.1) is 5.95 Å². The lowest BCUT2D eigenvalue weighted by Crippen LogP contribution is -2.30. The van der Waals surface area contributed by atoms with E-state index in [1.807, 2.05) is 25.7 Å². The molecule has 1 fully saturated rings. The van der Waals surface area contributed by atoms with Crippen molar-refractivity contribution in [2.24, 2.45) is 0 Å². The zero-order valence-corrected chi connectivity index (χ0v) is 12.5. The highest BCUT2D eigenvalue weighted by molar-refractivity contribution is 9.10. The molecule has 0 aliphatic carbocycles. The van der Waals surface area contributed by atoms with E-state index >= 15 is 0 Å². The van der Waals surface area contributed by atoms with E-state index in [1.165, 1.54) is 6.20 Å². The molecule has 0 aromatic carbocycles. The van der Waals surface area contributed by atoms with Crippen molar-refractivity contribution in [3.05, 3.63) is 22.7 Å². The SMILES string of the molecule is CC(C)(C)OC1CCN(c2cc(Br)cnc2F)C1. The predicted octanol–water partition coefficient (Wildman–Crippen LogP) is 3.38. The molecular weight excluding hydrogens is 299 g/mol. The van der Waals surface area contributed by atoms with Crippen molar-refractivity contribution in [1.82, 2.24) is 4.98 Å². The van der Waals surface area contributed by atoms with Crippen molar-refractivity contribution < 1.29 is 9.13 Å². The molecule has 100 valence electrons. The van der Waals surface area contributed by atoms with E-state index in [4.69, 9.17) is 4.74 Å². The molecule has 1 aromatic heterocycles. The zero-order valence-electron chi connectivity index (χ0n) is 10.9. The van der Waals surface area contributed by atoms with Crippen LogP contribution in [0.4, 0.5) is 10.1 Å². The van der Waals surface area contributed by atoms with Gasteiger partial charge in [0.2, 0.25) is 5.95 Å². The first-order valence-corrected chi connectivity index (χ1v) is 6.88. The zero-order chi connectivity index (χ0) is 13.3. The molecule has 1 aliphatic rings. The normalized spacial score (nSPS) is 20.5. The van der Waals surface area contributed by atoms with Gasteiger partial charge in [-0.2, -0.15) is 4.39 Å². The van der Waals surface area contributed by atoms with Crippen LogP contribution in [0.15, 0.2) is 16.7 Å². The molecule has 2 rings (SSSR count). The highest BCUT2D eigenvalue weighted by Gasteiger charge is 2.28. The third-order valence-electron chi connectivity index (χ3n) is 2.79. The van der Waals surface area contributed by atoms with Crippen LogP contribution in [0.2, 0.25) is 0 Å². The molecule has 3 nitrogen and oxygen atoms in total. The Hall–Kier alpha value is -0.680. The highest BCUT2D eigenvalue weighted by atomic mass is 79.9. The van der Waals surface area contributed by atoms with Gasteiger partial charge in [0.15, 0.2) is 0 Å². The number of pyridine rings is 1. The molecule has 18 heavy (non-hydrogen) atoms. The van der Waals surface area contributed by atoms with Crippen molar-refractivity contribution in [3.8, 4) is 0 Å². The van der Waals surface area contributed by atoms with Crippen LogP contribution in [0.3, 0.4) is 0 Å². The molecule has 0 N–H and O–H groups in total. The monoisotopic (exact) mass is 316 g/mol. The number of hydrogen-bond donors (Lipinski definition) is 0. The lowest BCUT2D eigenvalue weighted by Gasteiger charge is -2.25. The Balaban J connectivity index is 2.06. The Labute approximate surface area is 115 Å². The number of aromatic nitrogens is 1. The Kier molecular flexibility index (Phi) is 3.92. The fraction of sp³-hybridized carbons (Fsp3) is 0.615. The highest BCUT2D eigenvalue weighted by Crippen LogP contribution is 2.27. The second-order valence-corrected chi connectivity index (χ2v) is 6.47. The third-order valence-corrected chi connectivity index (χ3v) is 3.23. The Morgan fingerprint density at radius 3 is 2.89 bits per heavy atom. The summed E-state index contributed by atoms with van der Waals surface area (Å²) in [5, 5.41) is 0. The van der Waals surface area contributed by atoms with Crippen LogP contribution in [-0.2, 0) is 4.74 Å². The van der Waals surface area contributed by atoms with Crippen molar-refractivity contribution in [3.63, 3.8) is 0 Å². The summed E-state index contributed by atoms with van der Waals surface area (Å²) in [5.41, 5.74) is 0.388. The summed E-state index contributed by atoms with van der Waals surface area (Å²) in [6.45, 7) is 7.63. The first kappa shape index (κ1) is 13.7. The summed E-state index contributed by atoms with van der Waals surface area (Å²) in [6, 6.07) is 1.77. The first-order valence-electron chi connectivity index (χ1n) is 6.09. The van der Waals surface area contributed by atoms with Gasteiger partial charge in [0.1, 0.15) is 0 Å². The van der Waals surface area contributed by atoms with Crippen molar-refractivity contribution in [1.29, 1.82) is 0 Å². The smallest absolute Gasteiger partial charge is 0.236 e. The number of anilines is 1. The van der Waals surface area contributed by atoms with Crippen molar-refractivity contribution >= 4 is 21.6 Å². The summed E-state index contributed by atoms with van der Waals surface area (Å²) in [5.74, 6) is -0.422. The van der Waals surface area contributed by atoms with Gasteiger partial charge in [-0.1, -0.05) is 0 Å². The second-order valence-electron chi connectivity index (χ2n) is 5.55. The van der Waals surface area contributed by atoms with E-state index in [2.05, 4.69) is 20.9 Å². The second kappa shape index (κ2) is 5.13. The largest absolute Gasteiger partial charge is 0.371 e. The van der Waals surface area contributed by atoms with Crippen molar-refractivity contribution in [2.75, 3.05) is 18.0 Å². The van der Waals surface area contributed by atoms with Gasteiger partial charge in [-0.15, -0.1) is 0 Å². The van der Waals surface area contributed by atoms with Gasteiger partial charge in [-0.05, 0) is 49.2 Å². The van der Waals surface area contributed by atoms with Crippen LogP contribution in [-0.4, -0.2) is 29.8 Å². The molecule has 0 spiro atoms. The van der Waals surface area contributed by atoms with E-state index in [1.54, 1.807) is 6.07 Å². The quantitative estimate of drug-likeness (QED) is 0.782. The summed E-state index contributed by atoms with van der Waals surface area (Å²) < 4.78 is 20.4. The lowest BCUT2D eigenvalue weighted by atomic mass is 10.2. The topological polar surface area (TPSA) is 25.4 Å². The van der Waals surface area contributed by atoms with Gasteiger partial charge in [0.05, 0.1) is 17.4 Å². The van der Waals surface area contributed by atoms with Crippen LogP contribution in [0.1, 0.15) is 27.2 Å². The maximum Gasteiger partial charge on any atom is 0.236 e. The number of rotatable bonds is 2. The minimum atomic E-state index is -0.422. The summed E-state index contributed by atoms with van der Waals surface area (Å²) in [7, 11) is 0. The molecule has 2 heterocycles. The van der Waals surface area contributed by atoms with Crippen LogP contribution in [0.5, 0.6) is 0 Å². The number of halogens is 2. The molecule has 0 bridgehead atoms. The minimum absolute atomic E-state index is 0.156. The van der Waals surface area contributed by atoms with Crippen LogP contribution in [0.25, 0.3) is 0 Å². The molecule has 1 unspecified atom stereocenters. The average molecular weight is 317 g/mol. The first-order chi connectivity index (χ1) is 8.35. The van der Waals surface area contributed by atoms with E-state index in [0.717, 1.165) is 17.4 Å². The van der Waals surface area contributed by atoms with Crippen LogP contribution >= 0.6 is 15.9 Å².